The molecule has 0 heterocycles. The third kappa shape index (κ3) is 4.21. The van der Waals surface area contributed by atoms with Gasteiger partial charge in [-0.25, -0.2) is 0 Å². The first-order valence-corrected chi connectivity index (χ1v) is 8.81. The van der Waals surface area contributed by atoms with Gasteiger partial charge in [0.15, 0.2) is 0 Å². The maximum absolute atomic E-state index is 3.70. The second-order valence-electron chi connectivity index (χ2n) is 7.80. The van der Waals surface area contributed by atoms with Crippen molar-refractivity contribution in [3.63, 3.8) is 0 Å². The van der Waals surface area contributed by atoms with Gasteiger partial charge in [-0.3, -0.25) is 0 Å². The molecule has 1 nitrogen and oxygen atoms in total. The normalized spacial score (nSPS) is 40.6. The van der Waals surface area contributed by atoms with Crippen molar-refractivity contribution in [3.05, 3.63) is 0 Å². The lowest BCUT2D eigenvalue weighted by molar-refractivity contribution is 0.0875. The molecule has 0 saturated heterocycles. The molecule has 0 aromatic carbocycles. The van der Waals surface area contributed by atoms with Crippen molar-refractivity contribution in [1.29, 1.82) is 0 Å². The number of hydrogen-bond donors (Lipinski definition) is 1. The Labute approximate surface area is 120 Å². The average molecular weight is 265 g/mol. The van der Waals surface area contributed by atoms with Crippen LogP contribution in [0, 0.1) is 29.6 Å². The lowest BCUT2D eigenvalue weighted by atomic mass is 9.64. The third-order valence-electron chi connectivity index (χ3n) is 6.00. The highest BCUT2D eigenvalue weighted by Gasteiger charge is 2.35. The van der Waals surface area contributed by atoms with Crippen molar-refractivity contribution in [1.82, 2.24) is 5.32 Å². The quantitative estimate of drug-likeness (QED) is 0.765. The lowest BCUT2D eigenvalue weighted by Crippen LogP contribution is -2.38. The van der Waals surface area contributed by atoms with E-state index in [4.69, 9.17) is 0 Å². The van der Waals surface area contributed by atoms with Crippen LogP contribution in [0.15, 0.2) is 0 Å². The van der Waals surface area contributed by atoms with Crippen LogP contribution in [0.5, 0.6) is 0 Å². The third-order valence-corrected chi connectivity index (χ3v) is 6.00. The maximum atomic E-state index is 3.70. The van der Waals surface area contributed by atoms with Crippen LogP contribution in [-0.2, 0) is 0 Å². The summed E-state index contributed by atoms with van der Waals surface area (Å²) in [6, 6.07) is 0.646. The Kier molecular flexibility index (Phi) is 5.74. The standard InChI is InChI=1S/C18H35N/c1-13(2)19-12-17-7-5-6-8-18(17)16-10-9-14(3)15(4)11-16/h13-19H,5-12H2,1-4H3. The summed E-state index contributed by atoms with van der Waals surface area (Å²) in [5, 5.41) is 3.70. The van der Waals surface area contributed by atoms with Crippen molar-refractivity contribution in [2.75, 3.05) is 6.54 Å². The Morgan fingerprint density at radius 3 is 2.37 bits per heavy atom. The van der Waals surface area contributed by atoms with Crippen molar-refractivity contribution in [3.8, 4) is 0 Å². The molecule has 2 rings (SSSR count). The second-order valence-corrected chi connectivity index (χ2v) is 7.80. The van der Waals surface area contributed by atoms with E-state index in [0.29, 0.717) is 6.04 Å². The first kappa shape index (κ1) is 15.4. The van der Waals surface area contributed by atoms with Crippen LogP contribution in [0.3, 0.4) is 0 Å². The van der Waals surface area contributed by atoms with E-state index in [1.165, 1.54) is 51.5 Å². The van der Waals surface area contributed by atoms with Crippen LogP contribution in [0.25, 0.3) is 0 Å². The van der Waals surface area contributed by atoms with Crippen LogP contribution in [0.1, 0.15) is 72.6 Å². The molecule has 0 radical (unpaired) electrons. The highest BCUT2D eigenvalue weighted by Crippen LogP contribution is 2.44. The summed E-state index contributed by atoms with van der Waals surface area (Å²) < 4.78 is 0. The van der Waals surface area contributed by atoms with Crippen molar-refractivity contribution >= 4 is 0 Å². The summed E-state index contributed by atoms with van der Waals surface area (Å²) in [4.78, 5) is 0. The molecule has 0 aromatic rings. The fraction of sp³-hybridized carbons (Fsp3) is 1.00. The van der Waals surface area contributed by atoms with Gasteiger partial charge in [-0.2, -0.15) is 0 Å². The molecule has 2 saturated carbocycles. The molecule has 2 aliphatic rings. The lowest BCUT2D eigenvalue weighted by Gasteiger charge is -2.42. The van der Waals surface area contributed by atoms with Crippen LogP contribution >= 0.6 is 0 Å². The maximum Gasteiger partial charge on any atom is 0.00104 e. The molecule has 5 unspecified atom stereocenters. The molecule has 0 amide bonds. The molecular formula is C18H35N. The Morgan fingerprint density at radius 1 is 0.947 bits per heavy atom. The molecule has 5 atom stereocenters. The highest BCUT2D eigenvalue weighted by molar-refractivity contribution is 4.86. The molecule has 0 aromatic heterocycles. The molecule has 19 heavy (non-hydrogen) atoms. The summed E-state index contributed by atoms with van der Waals surface area (Å²) in [5.41, 5.74) is 0. The zero-order chi connectivity index (χ0) is 13.8. The highest BCUT2D eigenvalue weighted by atomic mass is 14.9. The van der Waals surface area contributed by atoms with Gasteiger partial charge in [0.2, 0.25) is 0 Å². The monoisotopic (exact) mass is 265 g/mol. The van der Waals surface area contributed by atoms with E-state index in [2.05, 4.69) is 33.0 Å². The van der Waals surface area contributed by atoms with Gasteiger partial charge in [0, 0.05) is 6.04 Å². The molecule has 2 aliphatic carbocycles. The number of rotatable bonds is 4. The predicted molar refractivity (Wildman–Crippen MR) is 84.3 cm³/mol. The van der Waals surface area contributed by atoms with Crippen LogP contribution in [-0.4, -0.2) is 12.6 Å². The van der Waals surface area contributed by atoms with Gasteiger partial charge in [0.1, 0.15) is 0 Å². The smallest absolute Gasteiger partial charge is 0.00104 e. The van der Waals surface area contributed by atoms with Crippen molar-refractivity contribution < 1.29 is 0 Å². The fourth-order valence-electron chi connectivity index (χ4n) is 4.48. The Hall–Kier alpha value is -0.0400. The van der Waals surface area contributed by atoms with Gasteiger partial charge < -0.3 is 5.32 Å². The zero-order valence-electron chi connectivity index (χ0n) is 13.6. The van der Waals surface area contributed by atoms with Gasteiger partial charge in [-0.15, -0.1) is 0 Å². The zero-order valence-corrected chi connectivity index (χ0v) is 13.6. The molecule has 1 N–H and O–H groups in total. The predicted octanol–water partition coefficient (Wildman–Crippen LogP) is 4.86. The fourth-order valence-corrected chi connectivity index (χ4v) is 4.48. The minimum absolute atomic E-state index is 0.646. The van der Waals surface area contributed by atoms with Gasteiger partial charge in [0.25, 0.3) is 0 Å². The van der Waals surface area contributed by atoms with Crippen LogP contribution in [0.2, 0.25) is 0 Å². The summed E-state index contributed by atoms with van der Waals surface area (Å²) in [7, 11) is 0. The Bertz CT molecular complexity index is 260. The Balaban J connectivity index is 1.91. The summed E-state index contributed by atoms with van der Waals surface area (Å²) in [6.45, 7) is 10.8. The van der Waals surface area contributed by atoms with Gasteiger partial charge in [-0.1, -0.05) is 47.0 Å². The van der Waals surface area contributed by atoms with E-state index in [0.717, 1.165) is 29.6 Å². The largest absolute Gasteiger partial charge is 0.314 e. The molecule has 0 aliphatic heterocycles. The minimum Gasteiger partial charge on any atom is -0.314 e. The van der Waals surface area contributed by atoms with E-state index in [-0.39, 0.29) is 0 Å². The van der Waals surface area contributed by atoms with Gasteiger partial charge >= 0.3 is 0 Å². The molecular weight excluding hydrogens is 230 g/mol. The Morgan fingerprint density at radius 2 is 1.68 bits per heavy atom. The topological polar surface area (TPSA) is 12.0 Å². The van der Waals surface area contributed by atoms with E-state index in [9.17, 15) is 0 Å². The van der Waals surface area contributed by atoms with E-state index < -0.39 is 0 Å². The van der Waals surface area contributed by atoms with E-state index in [1.54, 1.807) is 0 Å². The minimum atomic E-state index is 0.646. The first-order chi connectivity index (χ1) is 9.08. The molecule has 0 bridgehead atoms. The summed E-state index contributed by atoms with van der Waals surface area (Å²) in [6.07, 6.45) is 10.4. The second kappa shape index (κ2) is 7.11. The first-order valence-electron chi connectivity index (χ1n) is 8.81. The van der Waals surface area contributed by atoms with Gasteiger partial charge in [-0.05, 0) is 61.8 Å². The number of hydrogen-bond acceptors (Lipinski definition) is 1. The molecule has 2 fully saturated rings. The van der Waals surface area contributed by atoms with Crippen molar-refractivity contribution in [2.45, 2.75) is 78.7 Å². The van der Waals surface area contributed by atoms with Crippen LogP contribution < -0.4 is 5.32 Å². The summed E-state index contributed by atoms with van der Waals surface area (Å²) in [5.74, 6) is 4.94. The van der Waals surface area contributed by atoms with Crippen molar-refractivity contribution in [2.24, 2.45) is 29.6 Å². The molecule has 112 valence electrons. The molecule has 1 heteroatoms. The SMILES string of the molecule is CC(C)NCC1CCCCC1C1CCC(C)C(C)C1. The van der Waals surface area contributed by atoms with Crippen LogP contribution in [0.4, 0.5) is 0 Å². The number of nitrogens with one attached hydrogen (secondary N) is 1. The van der Waals surface area contributed by atoms with Gasteiger partial charge in [0.05, 0.1) is 0 Å². The summed E-state index contributed by atoms with van der Waals surface area (Å²) >= 11 is 0. The molecule has 0 spiro atoms. The van der Waals surface area contributed by atoms with E-state index in [1.807, 2.05) is 0 Å². The van der Waals surface area contributed by atoms with E-state index >= 15 is 0 Å². The average Bonchev–Trinajstić information content (AvgIpc) is 2.40.